The minimum absolute atomic E-state index is 0.00257. The number of sulfonamides is 1. The van der Waals surface area contributed by atoms with Crippen LogP contribution in [0, 0.1) is 0 Å². The molecule has 0 spiro atoms. The summed E-state index contributed by atoms with van der Waals surface area (Å²) in [6.07, 6.45) is 6.15. The lowest BCUT2D eigenvalue weighted by Gasteiger charge is -2.29. The molecule has 1 fully saturated rings. The highest BCUT2D eigenvalue weighted by atomic mass is 35.5. The number of nitrogens with one attached hydrogen (secondary N) is 1. The summed E-state index contributed by atoms with van der Waals surface area (Å²) >= 11 is 5.99. The van der Waals surface area contributed by atoms with E-state index in [2.05, 4.69) is 10.3 Å². The van der Waals surface area contributed by atoms with Gasteiger partial charge in [-0.05, 0) is 99.2 Å². The van der Waals surface area contributed by atoms with Crippen LogP contribution in [0.2, 0.25) is 5.02 Å². The fraction of sp³-hybridized carbons (Fsp3) is 0.367. The van der Waals surface area contributed by atoms with Gasteiger partial charge in [-0.2, -0.15) is 4.31 Å². The monoisotopic (exact) mass is 582 g/mol. The van der Waals surface area contributed by atoms with Crippen molar-refractivity contribution in [2.75, 3.05) is 13.1 Å². The lowest BCUT2D eigenvalue weighted by Crippen LogP contribution is -2.48. The Morgan fingerprint density at radius 1 is 1.00 bits per heavy atom. The molecule has 1 atom stereocenters. The zero-order valence-electron chi connectivity index (χ0n) is 22.8. The fourth-order valence-electron chi connectivity index (χ4n) is 4.79. The van der Waals surface area contributed by atoms with Gasteiger partial charge >= 0.3 is 0 Å². The summed E-state index contributed by atoms with van der Waals surface area (Å²) in [5.41, 5.74) is 2.30. The van der Waals surface area contributed by atoms with Gasteiger partial charge in [0.2, 0.25) is 15.9 Å². The van der Waals surface area contributed by atoms with Gasteiger partial charge in [-0.1, -0.05) is 23.7 Å². The summed E-state index contributed by atoms with van der Waals surface area (Å²) in [7, 11) is -4.02. The SMILES string of the molecule is CC(C)N(CCc1ccncc1)C(=O)c1ccc(CN([C@@H]2CCCCNC2=O)S(=O)(=O)c2ccc(Cl)cc2)cc1. The van der Waals surface area contributed by atoms with E-state index in [4.69, 9.17) is 11.6 Å². The number of pyridine rings is 1. The summed E-state index contributed by atoms with van der Waals surface area (Å²) in [4.78, 5) is 32.3. The molecule has 2 heterocycles. The van der Waals surface area contributed by atoms with Crippen LogP contribution in [-0.4, -0.2) is 59.6 Å². The molecular weight excluding hydrogens is 548 g/mol. The molecule has 0 bridgehead atoms. The smallest absolute Gasteiger partial charge is 0.254 e. The molecule has 1 N–H and O–H groups in total. The quantitative estimate of drug-likeness (QED) is 0.374. The molecule has 40 heavy (non-hydrogen) atoms. The van der Waals surface area contributed by atoms with Gasteiger partial charge in [0.25, 0.3) is 5.91 Å². The van der Waals surface area contributed by atoms with E-state index in [1.54, 1.807) is 36.7 Å². The van der Waals surface area contributed by atoms with Crippen LogP contribution in [0.4, 0.5) is 0 Å². The first kappa shape index (κ1) is 29.7. The van der Waals surface area contributed by atoms with Gasteiger partial charge in [0.1, 0.15) is 6.04 Å². The molecule has 1 saturated heterocycles. The van der Waals surface area contributed by atoms with Crippen molar-refractivity contribution in [1.82, 2.24) is 19.5 Å². The Bertz CT molecular complexity index is 1400. The number of halogens is 1. The molecule has 0 unspecified atom stereocenters. The lowest BCUT2D eigenvalue weighted by atomic mass is 10.1. The molecule has 212 valence electrons. The van der Waals surface area contributed by atoms with Crippen molar-refractivity contribution in [3.63, 3.8) is 0 Å². The molecule has 0 aliphatic carbocycles. The summed E-state index contributed by atoms with van der Waals surface area (Å²) in [6.45, 7) is 5.04. The number of benzene rings is 2. The first-order chi connectivity index (χ1) is 19.2. The highest BCUT2D eigenvalue weighted by Crippen LogP contribution is 2.26. The van der Waals surface area contributed by atoms with Crippen molar-refractivity contribution in [3.8, 4) is 0 Å². The van der Waals surface area contributed by atoms with Crippen LogP contribution >= 0.6 is 11.6 Å². The number of nitrogens with zero attached hydrogens (tertiary/aromatic N) is 3. The maximum Gasteiger partial charge on any atom is 0.254 e. The number of amides is 2. The van der Waals surface area contributed by atoms with E-state index in [1.165, 1.54) is 28.6 Å². The average molecular weight is 583 g/mol. The first-order valence-electron chi connectivity index (χ1n) is 13.5. The number of carbonyl (C=O) groups is 2. The third kappa shape index (κ3) is 7.27. The molecule has 1 aromatic heterocycles. The van der Waals surface area contributed by atoms with Gasteiger partial charge < -0.3 is 10.2 Å². The van der Waals surface area contributed by atoms with Crippen molar-refractivity contribution < 1.29 is 18.0 Å². The highest BCUT2D eigenvalue weighted by Gasteiger charge is 2.36. The second-order valence-electron chi connectivity index (χ2n) is 10.2. The van der Waals surface area contributed by atoms with Crippen LogP contribution < -0.4 is 5.32 Å². The van der Waals surface area contributed by atoms with Crippen LogP contribution in [-0.2, 0) is 27.8 Å². The molecule has 2 aromatic carbocycles. The van der Waals surface area contributed by atoms with Crippen molar-refractivity contribution in [2.24, 2.45) is 0 Å². The first-order valence-corrected chi connectivity index (χ1v) is 15.3. The maximum absolute atomic E-state index is 13.8. The Balaban J connectivity index is 1.56. The van der Waals surface area contributed by atoms with Gasteiger partial charge in [-0.15, -0.1) is 0 Å². The third-order valence-corrected chi connectivity index (χ3v) is 9.21. The molecule has 2 amide bonds. The molecular formula is C30H35ClN4O4S. The van der Waals surface area contributed by atoms with Crippen molar-refractivity contribution >= 4 is 33.4 Å². The van der Waals surface area contributed by atoms with E-state index >= 15 is 0 Å². The standard InChI is InChI=1S/C30H35ClN4O4S/c1-22(2)34(20-16-23-14-18-32-19-15-23)30(37)25-8-6-24(7-9-25)21-35(28-5-3-4-17-33-29(28)36)40(38,39)27-12-10-26(31)11-13-27/h6-15,18-19,22,28H,3-5,16-17,20-21H2,1-2H3,(H,33,36)/t28-/m1/s1. The van der Waals surface area contributed by atoms with Crippen LogP contribution in [0.1, 0.15) is 54.6 Å². The molecule has 3 aromatic rings. The molecule has 8 nitrogen and oxygen atoms in total. The summed E-state index contributed by atoms with van der Waals surface area (Å²) in [5.74, 6) is -0.395. The third-order valence-electron chi connectivity index (χ3n) is 7.09. The Hall–Kier alpha value is -3.27. The number of hydrogen-bond acceptors (Lipinski definition) is 5. The lowest BCUT2D eigenvalue weighted by molar-refractivity contribution is -0.124. The van der Waals surface area contributed by atoms with Gasteiger partial charge in [0, 0.05) is 48.7 Å². The minimum Gasteiger partial charge on any atom is -0.355 e. The zero-order valence-corrected chi connectivity index (χ0v) is 24.4. The summed E-state index contributed by atoms with van der Waals surface area (Å²) < 4.78 is 28.8. The van der Waals surface area contributed by atoms with Crippen LogP contribution in [0.5, 0.6) is 0 Å². The predicted octanol–water partition coefficient (Wildman–Crippen LogP) is 4.69. The van der Waals surface area contributed by atoms with E-state index in [9.17, 15) is 18.0 Å². The van der Waals surface area contributed by atoms with E-state index in [0.29, 0.717) is 42.1 Å². The second kappa shape index (κ2) is 13.4. The average Bonchev–Trinajstić information content (AvgIpc) is 3.16. The molecule has 1 aliphatic rings. The highest BCUT2D eigenvalue weighted by molar-refractivity contribution is 7.89. The molecule has 1 aliphatic heterocycles. The number of aromatic nitrogens is 1. The normalized spacial score (nSPS) is 16.0. The van der Waals surface area contributed by atoms with E-state index < -0.39 is 16.1 Å². The molecule has 10 heteroatoms. The van der Waals surface area contributed by atoms with Crippen LogP contribution in [0.25, 0.3) is 0 Å². The maximum atomic E-state index is 13.8. The van der Waals surface area contributed by atoms with Gasteiger partial charge in [0.05, 0.1) is 4.90 Å². The van der Waals surface area contributed by atoms with Crippen molar-refractivity contribution in [3.05, 3.63) is 94.8 Å². The minimum atomic E-state index is -4.02. The van der Waals surface area contributed by atoms with Gasteiger partial charge in [-0.3, -0.25) is 14.6 Å². The van der Waals surface area contributed by atoms with E-state index in [1.807, 2.05) is 30.9 Å². The molecule has 0 radical (unpaired) electrons. The Kier molecular flexibility index (Phi) is 9.95. The molecule has 0 saturated carbocycles. The van der Waals surface area contributed by atoms with Crippen molar-refractivity contribution in [2.45, 2.75) is 63.1 Å². The summed E-state index contributed by atoms with van der Waals surface area (Å²) in [6, 6.07) is 16.0. The van der Waals surface area contributed by atoms with Crippen molar-refractivity contribution in [1.29, 1.82) is 0 Å². The number of hydrogen-bond donors (Lipinski definition) is 1. The van der Waals surface area contributed by atoms with Crippen LogP contribution in [0.15, 0.2) is 78.0 Å². The number of rotatable bonds is 10. The largest absolute Gasteiger partial charge is 0.355 e. The van der Waals surface area contributed by atoms with E-state index in [0.717, 1.165) is 18.4 Å². The van der Waals surface area contributed by atoms with Crippen LogP contribution in [0.3, 0.4) is 0 Å². The second-order valence-corrected chi connectivity index (χ2v) is 12.5. The topological polar surface area (TPSA) is 99.7 Å². The number of carbonyl (C=O) groups excluding carboxylic acids is 2. The predicted molar refractivity (Wildman–Crippen MR) is 155 cm³/mol. The Labute approximate surface area is 241 Å². The zero-order chi connectivity index (χ0) is 28.7. The Morgan fingerprint density at radius 2 is 1.68 bits per heavy atom. The molecule has 4 rings (SSSR count). The Morgan fingerprint density at radius 3 is 2.33 bits per heavy atom. The van der Waals surface area contributed by atoms with Gasteiger partial charge in [-0.25, -0.2) is 8.42 Å². The van der Waals surface area contributed by atoms with E-state index in [-0.39, 0.29) is 29.3 Å². The van der Waals surface area contributed by atoms with Gasteiger partial charge in [0.15, 0.2) is 0 Å². The fourth-order valence-corrected chi connectivity index (χ4v) is 6.53. The summed E-state index contributed by atoms with van der Waals surface area (Å²) in [5, 5.41) is 3.27.